The first kappa shape index (κ1) is 15.8. The van der Waals surface area contributed by atoms with Crippen LogP contribution in [0.4, 0.5) is 4.39 Å². The summed E-state index contributed by atoms with van der Waals surface area (Å²) in [4.78, 5) is 23.8. The number of carboxylic acid groups (broad SMARTS) is 1. The number of benzene rings is 1. The lowest BCUT2D eigenvalue weighted by molar-refractivity contribution is -0.148. The number of nitrogens with one attached hydrogen (secondary N) is 1. The van der Waals surface area contributed by atoms with Crippen molar-refractivity contribution in [3.8, 4) is 0 Å². The molecule has 2 rings (SSSR count). The smallest absolute Gasteiger partial charge is 0.329 e. The van der Waals surface area contributed by atoms with Gasteiger partial charge in [-0.2, -0.15) is 0 Å². The molecule has 0 saturated heterocycles. The number of thioether (sulfide) groups is 1. The van der Waals surface area contributed by atoms with E-state index in [-0.39, 0.29) is 17.5 Å². The molecule has 1 amide bonds. The molecule has 1 aliphatic carbocycles. The molecule has 1 saturated carbocycles. The third-order valence-corrected chi connectivity index (χ3v) is 4.74. The standard InChI is InChI=1S/C15H18FNO3S/c16-11-6-2-3-7-12(11)21-10-13(18)17-15(14(19)20)8-4-1-5-9-15/h2-3,6-7H,1,4-5,8-10H2,(H,17,18)(H,19,20). The summed E-state index contributed by atoms with van der Waals surface area (Å²) in [5.74, 6) is -1.71. The number of carbonyl (C=O) groups excluding carboxylic acids is 1. The maximum Gasteiger partial charge on any atom is 0.329 e. The number of carboxylic acids is 1. The Balaban J connectivity index is 1.94. The van der Waals surface area contributed by atoms with E-state index < -0.39 is 11.5 Å². The molecule has 6 heteroatoms. The molecular weight excluding hydrogens is 293 g/mol. The Labute approximate surface area is 127 Å². The fourth-order valence-corrected chi connectivity index (χ4v) is 3.30. The van der Waals surface area contributed by atoms with Crippen molar-refractivity contribution in [1.29, 1.82) is 0 Å². The number of rotatable bonds is 5. The molecular formula is C15H18FNO3S. The fourth-order valence-electron chi connectivity index (χ4n) is 2.56. The lowest BCUT2D eigenvalue weighted by atomic mass is 9.81. The number of amides is 1. The SMILES string of the molecule is O=C(CSc1ccccc1F)NC1(C(=O)O)CCCCC1. The molecule has 1 fully saturated rings. The quantitative estimate of drug-likeness (QED) is 0.821. The van der Waals surface area contributed by atoms with E-state index in [1.807, 2.05) is 0 Å². The molecule has 0 atom stereocenters. The molecule has 0 aromatic heterocycles. The van der Waals surface area contributed by atoms with Crippen LogP contribution in [-0.2, 0) is 9.59 Å². The molecule has 0 aliphatic heterocycles. The van der Waals surface area contributed by atoms with Gasteiger partial charge < -0.3 is 10.4 Å². The minimum Gasteiger partial charge on any atom is -0.480 e. The Morgan fingerprint density at radius 1 is 1.24 bits per heavy atom. The van der Waals surface area contributed by atoms with Gasteiger partial charge in [-0.05, 0) is 25.0 Å². The number of hydrogen-bond acceptors (Lipinski definition) is 3. The van der Waals surface area contributed by atoms with Gasteiger partial charge in [-0.15, -0.1) is 11.8 Å². The van der Waals surface area contributed by atoms with Gasteiger partial charge >= 0.3 is 5.97 Å². The number of aliphatic carboxylic acids is 1. The molecule has 114 valence electrons. The summed E-state index contributed by atoms with van der Waals surface area (Å²) < 4.78 is 13.5. The van der Waals surface area contributed by atoms with Gasteiger partial charge in [0.2, 0.25) is 5.91 Å². The maximum atomic E-state index is 13.5. The van der Waals surface area contributed by atoms with Crippen LogP contribution in [0.15, 0.2) is 29.2 Å². The lowest BCUT2D eigenvalue weighted by Gasteiger charge is -2.33. The highest BCUT2D eigenvalue weighted by Crippen LogP contribution is 2.29. The number of carbonyl (C=O) groups is 2. The monoisotopic (exact) mass is 311 g/mol. The van der Waals surface area contributed by atoms with Gasteiger partial charge in [-0.1, -0.05) is 31.4 Å². The van der Waals surface area contributed by atoms with Crippen LogP contribution in [0.2, 0.25) is 0 Å². The van der Waals surface area contributed by atoms with Crippen molar-refractivity contribution in [2.45, 2.75) is 42.5 Å². The summed E-state index contributed by atoms with van der Waals surface area (Å²) in [6.45, 7) is 0. The van der Waals surface area contributed by atoms with E-state index in [4.69, 9.17) is 0 Å². The Bertz CT molecular complexity index is 529. The van der Waals surface area contributed by atoms with Gasteiger partial charge in [0.15, 0.2) is 0 Å². The highest BCUT2D eigenvalue weighted by molar-refractivity contribution is 8.00. The summed E-state index contributed by atoms with van der Waals surface area (Å²) in [5.41, 5.74) is -1.15. The van der Waals surface area contributed by atoms with Crippen LogP contribution < -0.4 is 5.32 Å². The maximum absolute atomic E-state index is 13.5. The number of hydrogen-bond donors (Lipinski definition) is 2. The zero-order valence-electron chi connectivity index (χ0n) is 11.6. The predicted octanol–water partition coefficient (Wildman–Crippen LogP) is 2.82. The highest BCUT2D eigenvalue weighted by Gasteiger charge is 2.40. The second-order valence-corrected chi connectivity index (χ2v) is 6.23. The third kappa shape index (κ3) is 3.97. The molecule has 0 bridgehead atoms. The molecule has 2 N–H and O–H groups in total. The Hall–Kier alpha value is -1.56. The Kier molecular flexibility index (Phi) is 5.22. The van der Waals surface area contributed by atoms with E-state index in [0.717, 1.165) is 31.0 Å². The van der Waals surface area contributed by atoms with Crippen molar-refractivity contribution < 1.29 is 19.1 Å². The Morgan fingerprint density at radius 3 is 2.52 bits per heavy atom. The normalized spacial score (nSPS) is 17.2. The topological polar surface area (TPSA) is 66.4 Å². The van der Waals surface area contributed by atoms with Crippen LogP contribution in [0.3, 0.4) is 0 Å². The number of halogens is 1. The van der Waals surface area contributed by atoms with Gasteiger partial charge in [0, 0.05) is 4.90 Å². The van der Waals surface area contributed by atoms with E-state index in [1.165, 1.54) is 6.07 Å². The first-order chi connectivity index (χ1) is 10.0. The molecule has 21 heavy (non-hydrogen) atoms. The third-order valence-electron chi connectivity index (χ3n) is 3.69. The second-order valence-electron chi connectivity index (χ2n) is 5.22. The van der Waals surface area contributed by atoms with Crippen molar-refractivity contribution in [3.05, 3.63) is 30.1 Å². The molecule has 1 aliphatic rings. The van der Waals surface area contributed by atoms with E-state index in [2.05, 4.69) is 5.32 Å². The van der Waals surface area contributed by atoms with E-state index in [0.29, 0.717) is 17.7 Å². The van der Waals surface area contributed by atoms with Crippen molar-refractivity contribution in [2.24, 2.45) is 0 Å². The van der Waals surface area contributed by atoms with E-state index >= 15 is 0 Å². The van der Waals surface area contributed by atoms with Crippen LogP contribution in [-0.4, -0.2) is 28.3 Å². The summed E-state index contributed by atoms with van der Waals surface area (Å²) >= 11 is 1.07. The fraction of sp³-hybridized carbons (Fsp3) is 0.467. The summed E-state index contributed by atoms with van der Waals surface area (Å²) in [7, 11) is 0. The Morgan fingerprint density at radius 2 is 1.90 bits per heavy atom. The van der Waals surface area contributed by atoms with Crippen molar-refractivity contribution >= 4 is 23.6 Å². The summed E-state index contributed by atoms with van der Waals surface area (Å²) in [6.07, 6.45) is 3.51. The van der Waals surface area contributed by atoms with Crippen molar-refractivity contribution in [2.75, 3.05) is 5.75 Å². The van der Waals surface area contributed by atoms with Gasteiger partial charge in [0.1, 0.15) is 11.4 Å². The van der Waals surface area contributed by atoms with Gasteiger partial charge in [-0.3, -0.25) is 4.79 Å². The largest absolute Gasteiger partial charge is 0.480 e. The van der Waals surface area contributed by atoms with Gasteiger partial charge in [0.25, 0.3) is 0 Å². The zero-order chi connectivity index (χ0) is 15.3. The molecule has 0 radical (unpaired) electrons. The molecule has 4 nitrogen and oxygen atoms in total. The molecule has 0 spiro atoms. The first-order valence-corrected chi connectivity index (χ1v) is 7.94. The average molecular weight is 311 g/mol. The highest BCUT2D eigenvalue weighted by atomic mass is 32.2. The van der Waals surface area contributed by atoms with Crippen LogP contribution >= 0.6 is 11.8 Å². The summed E-state index contributed by atoms with van der Waals surface area (Å²) in [5, 5.41) is 12.0. The van der Waals surface area contributed by atoms with E-state index in [9.17, 15) is 19.1 Å². The first-order valence-electron chi connectivity index (χ1n) is 6.95. The van der Waals surface area contributed by atoms with Crippen LogP contribution in [0, 0.1) is 5.82 Å². The van der Waals surface area contributed by atoms with E-state index in [1.54, 1.807) is 18.2 Å². The molecule has 0 heterocycles. The molecule has 1 aromatic carbocycles. The average Bonchev–Trinajstić information content (AvgIpc) is 2.47. The lowest BCUT2D eigenvalue weighted by Crippen LogP contribution is -2.56. The second kappa shape index (κ2) is 6.93. The van der Waals surface area contributed by atoms with Gasteiger partial charge in [-0.25, -0.2) is 9.18 Å². The van der Waals surface area contributed by atoms with Crippen LogP contribution in [0.5, 0.6) is 0 Å². The minimum atomic E-state index is -1.15. The zero-order valence-corrected chi connectivity index (χ0v) is 12.4. The summed E-state index contributed by atoms with van der Waals surface area (Å²) in [6, 6.07) is 6.21. The van der Waals surface area contributed by atoms with Crippen LogP contribution in [0.1, 0.15) is 32.1 Å². The predicted molar refractivity (Wildman–Crippen MR) is 78.7 cm³/mol. The molecule has 0 unspecified atom stereocenters. The minimum absolute atomic E-state index is 0.00988. The van der Waals surface area contributed by atoms with Gasteiger partial charge in [0.05, 0.1) is 5.75 Å². The van der Waals surface area contributed by atoms with Crippen molar-refractivity contribution in [3.63, 3.8) is 0 Å². The molecule has 1 aromatic rings. The van der Waals surface area contributed by atoms with Crippen LogP contribution in [0.25, 0.3) is 0 Å². The van der Waals surface area contributed by atoms with Crippen molar-refractivity contribution in [1.82, 2.24) is 5.32 Å².